The zero-order valence-corrected chi connectivity index (χ0v) is 13.9. The Kier molecular flexibility index (Phi) is 6.48. The Hall–Kier alpha value is -1.11. The quantitative estimate of drug-likeness (QED) is 0.799. The Morgan fingerprint density at radius 2 is 2.19 bits per heavy atom. The van der Waals surface area contributed by atoms with Gasteiger partial charge in [0.25, 0.3) is 0 Å². The van der Waals surface area contributed by atoms with E-state index >= 15 is 0 Å². The molecule has 0 radical (unpaired) electrons. The summed E-state index contributed by atoms with van der Waals surface area (Å²) >= 11 is 3.42. The average molecular weight is 356 g/mol. The molecule has 0 atom stereocenters. The van der Waals surface area contributed by atoms with Gasteiger partial charge in [0.2, 0.25) is 5.91 Å². The molecule has 6 heteroatoms. The summed E-state index contributed by atoms with van der Waals surface area (Å²) in [4.78, 5) is 14.4. The van der Waals surface area contributed by atoms with Crippen LogP contribution >= 0.6 is 15.9 Å². The zero-order valence-electron chi connectivity index (χ0n) is 12.3. The van der Waals surface area contributed by atoms with Gasteiger partial charge in [-0.25, -0.2) is 0 Å². The number of carbonyl (C=O) groups is 1. The Labute approximate surface area is 134 Å². The van der Waals surface area contributed by atoms with E-state index in [0.717, 1.165) is 48.5 Å². The van der Waals surface area contributed by atoms with Crippen molar-refractivity contribution >= 4 is 21.8 Å². The molecule has 0 aliphatic carbocycles. The first-order valence-electron chi connectivity index (χ1n) is 7.21. The molecule has 5 nitrogen and oxygen atoms in total. The lowest BCUT2D eigenvalue weighted by atomic mass is 10.1. The van der Waals surface area contributed by atoms with Gasteiger partial charge in [0.05, 0.1) is 13.5 Å². The molecule has 1 aliphatic rings. The SMILES string of the molecule is COc1ccc(Br)cc1CC(=O)NCCN1CCNCC1. The summed E-state index contributed by atoms with van der Waals surface area (Å²) in [5, 5.41) is 6.29. The van der Waals surface area contributed by atoms with Crippen LogP contribution in [0.25, 0.3) is 0 Å². The van der Waals surface area contributed by atoms with Gasteiger partial charge in [-0.2, -0.15) is 0 Å². The van der Waals surface area contributed by atoms with Crippen molar-refractivity contribution in [3.05, 3.63) is 28.2 Å². The van der Waals surface area contributed by atoms with Crippen molar-refractivity contribution in [2.45, 2.75) is 6.42 Å². The molecule has 0 unspecified atom stereocenters. The molecule has 0 saturated carbocycles. The zero-order chi connectivity index (χ0) is 15.1. The van der Waals surface area contributed by atoms with Crippen LogP contribution < -0.4 is 15.4 Å². The van der Waals surface area contributed by atoms with Gasteiger partial charge in [-0.1, -0.05) is 15.9 Å². The van der Waals surface area contributed by atoms with E-state index in [1.807, 2.05) is 18.2 Å². The summed E-state index contributed by atoms with van der Waals surface area (Å²) in [6.45, 7) is 5.76. The smallest absolute Gasteiger partial charge is 0.224 e. The minimum Gasteiger partial charge on any atom is -0.496 e. The summed E-state index contributed by atoms with van der Waals surface area (Å²) in [5.41, 5.74) is 0.895. The predicted octanol–water partition coefficient (Wildman–Crippen LogP) is 1.02. The summed E-state index contributed by atoms with van der Waals surface area (Å²) < 4.78 is 6.24. The molecule has 2 N–H and O–H groups in total. The van der Waals surface area contributed by atoms with Crippen molar-refractivity contribution in [2.75, 3.05) is 46.4 Å². The molecular weight excluding hydrogens is 334 g/mol. The van der Waals surface area contributed by atoms with Gasteiger partial charge in [-0.05, 0) is 18.2 Å². The third-order valence-electron chi connectivity index (χ3n) is 3.55. The van der Waals surface area contributed by atoms with Crippen LogP contribution in [0.3, 0.4) is 0 Å². The lowest BCUT2D eigenvalue weighted by Crippen LogP contribution is -2.46. The molecule has 2 rings (SSSR count). The number of methoxy groups -OCH3 is 1. The Balaban J connectivity index is 1.77. The number of ether oxygens (including phenoxy) is 1. The van der Waals surface area contributed by atoms with Crippen LogP contribution in [0.1, 0.15) is 5.56 Å². The monoisotopic (exact) mass is 355 g/mol. The van der Waals surface area contributed by atoms with Crippen molar-refractivity contribution in [3.63, 3.8) is 0 Å². The number of hydrogen-bond acceptors (Lipinski definition) is 4. The number of benzene rings is 1. The number of rotatable bonds is 6. The van der Waals surface area contributed by atoms with Crippen molar-refractivity contribution in [2.24, 2.45) is 0 Å². The van der Waals surface area contributed by atoms with Crippen molar-refractivity contribution in [3.8, 4) is 5.75 Å². The number of nitrogens with one attached hydrogen (secondary N) is 2. The maximum atomic E-state index is 12.0. The van der Waals surface area contributed by atoms with E-state index in [1.165, 1.54) is 0 Å². The van der Waals surface area contributed by atoms with Gasteiger partial charge >= 0.3 is 0 Å². The third kappa shape index (κ3) is 5.30. The Morgan fingerprint density at radius 3 is 2.90 bits per heavy atom. The first kappa shape index (κ1) is 16.3. The second kappa shape index (κ2) is 8.36. The van der Waals surface area contributed by atoms with Crippen LogP contribution in [0.2, 0.25) is 0 Å². The Morgan fingerprint density at radius 1 is 1.43 bits per heavy atom. The molecule has 1 fully saturated rings. The van der Waals surface area contributed by atoms with E-state index < -0.39 is 0 Å². The van der Waals surface area contributed by atoms with Crippen LogP contribution in [0.5, 0.6) is 5.75 Å². The normalized spacial score (nSPS) is 15.7. The van der Waals surface area contributed by atoms with E-state index in [9.17, 15) is 4.79 Å². The largest absolute Gasteiger partial charge is 0.496 e. The highest BCUT2D eigenvalue weighted by Gasteiger charge is 2.11. The van der Waals surface area contributed by atoms with E-state index in [-0.39, 0.29) is 5.91 Å². The minimum absolute atomic E-state index is 0.0292. The summed E-state index contributed by atoms with van der Waals surface area (Å²) in [5.74, 6) is 0.775. The van der Waals surface area contributed by atoms with Gasteiger partial charge in [0, 0.05) is 49.3 Å². The first-order chi connectivity index (χ1) is 10.2. The maximum Gasteiger partial charge on any atom is 0.224 e. The van der Waals surface area contributed by atoms with Gasteiger partial charge in [0.15, 0.2) is 0 Å². The fourth-order valence-electron chi connectivity index (χ4n) is 2.41. The predicted molar refractivity (Wildman–Crippen MR) is 86.7 cm³/mol. The molecule has 0 bridgehead atoms. The van der Waals surface area contributed by atoms with Crippen LogP contribution in [-0.4, -0.2) is 57.2 Å². The maximum absolute atomic E-state index is 12.0. The number of halogens is 1. The van der Waals surface area contributed by atoms with Crippen LogP contribution in [0.4, 0.5) is 0 Å². The number of amides is 1. The molecule has 0 spiro atoms. The Bertz CT molecular complexity index is 476. The number of hydrogen-bond donors (Lipinski definition) is 2. The molecule has 1 heterocycles. The molecule has 1 aromatic rings. The highest BCUT2D eigenvalue weighted by Crippen LogP contribution is 2.23. The highest BCUT2D eigenvalue weighted by molar-refractivity contribution is 9.10. The second-order valence-electron chi connectivity index (χ2n) is 5.07. The summed E-state index contributed by atoms with van der Waals surface area (Å²) in [7, 11) is 1.62. The van der Waals surface area contributed by atoms with Gasteiger partial charge in [-0.15, -0.1) is 0 Å². The van der Waals surface area contributed by atoms with Gasteiger partial charge in [-0.3, -0.25) is 9.69 Å². The molecular formula is C15H22BrN3O2. The van der Waals surface area contributed by atoms with Crippen molar-refractivity contribution in [1.82, 2.24) is 15.5 Å². The molecule has 116 valence electrons. The number of nitrogens with zero attached hydrogens (tertiary/aromatic N) is 1. The lowest BCUT2D eigenvalue weighted by Gasteiger charge is -2.27. The third-order valence-corrected chi connectivity index (χ3v) is 4.05. The molecule has 1 aliphatic heterocycles. The molecule has 21 heavy (non-hydrogen) atoms. The number of carbonyl (C=O) groups excluding carboxylic acids is 1. The minimum atomic E-state index is 0.0292. The van der Waals surface area contributed by atoms with Crippen LogP contribution in [-0.2, 0) is 11.2 Å². The molecule has 1 saturated heterocycles. The summed E-state index contributed by atoms with van der Waals surface area (Å²) in [6.07, 6.45) is 0.337. The second-order valence-corrected chi connectivity index (χ2v) is 5.99. The van der Waals surface area contributed by atoms with E-state index in [1.54, 1.807) is 7.11 Å². The molecule has 1 amide bonds. The highest BCUT2D eigenvalue weighted by atomic mass is 79.9. The topological polar surface area (TPSA) is 53.6 Å². The number of piperazine rings is 1. The van der Waals surface area contributed by atoms with E-state index in [4.69, 9.17) is 4.74 Å². The van der Waals surface area contributed by atoms with Crippen LogP contribution in [0.15, 0.2) is 22.7 Å². The lowest BCUT2D eigenvalue weighted by molar-refractivity contribution is -0.120. The van der Waals surface area contributed by atoms with Gasteiger partial charge < -0.3 is 15.4 Å². The fraction of sp³-hybridized carbons (Fsp3) is 0.533. The molecule has 1 aromatic carbocycles. The van der Waals surface area contributed by atoms with E-state index in [0.29, 0.717) is 13.0 Å². The fourth-order valence-corrected chi connectivity index (χ4v) is 2.82. The van der Waals surface area contributed by atoms with Gasteiger partial charge in [0.1, 0.15) is 5.75 Å². The standard InChI is InChI=1S/C15H22BrN3O2/c1-21-14-3-2-13(16)10-12(14)11-15(20)18-6-9-19-7-4-17-5-8-19/h2-3,10,17H,4-9,11H2,1H3,(H,18,20). The van der Waals surface area contributed by atoms with Crippen molar-refractivity contribution in [1.29, 1.82) is 0 Å². The van der Waals surface area contributed by atoms with Crippen molar-refractivity contribution < 1.29 is 9.53 Å². The van der Waals surface area contributed by atoms with E-state index in [2.05, 4.69) is 31.5 Å². The first-order valence-corrected chi connectivity index (χ1v) is 8.00. The van der Waals surface area contributed by atoms with Crippen LogP contribution in [0, 0.1) is 0 Å². The summed E-state index contributed by atoms with van der Waals surface area (Å²) in [6, 6.07) is 5.70. The molecule has 0 aromatic heterocycles. The average Bonchev–Trinajstić information content (AvgIpc) is 2.48.